The van der Waals surface area contributed by atoms with Crippen LogP contribution in [0.5, 0.6) is 0 Å². The highest BCUT2D eigenvalue weighted by atomic mass is 35.5. The molecule has 1 saturated carbocycles. The molecule has 1 aliphatic carbocycles. The monoisotopic (exact) mass is 278 g/mol. The molecule has 2 fully saturated rings. The molecule has 1 atom stereocenters. The van der Waals surface area contributed by atoms with Crippen molar-refractivity contribution in [3.8, 4) is 0 Å². The van der Waals surface area contributed by atoms with Gasteiger partial charge in [0.2, 0.25) is 0 Å². The number of hydrogen-bond acceptors (Lipinski definition) is 3. The van der Waals surface area contributed by atoms with Crippen LogP contribution in [0.25, 0.3) is 0 Å². The molecule has 0 amide bonds. The van der Waals surface area contributed by atoms with Gasteiger partial charge in [-0.2, -0.15) is 0 Å². The van der Waals surface area contributed by atoms with E-state index < -0.39 is 17.5 Å². The lowest BCUT2D eigenvalue weighted by Crippen LogP contribution is -2.33. The lowest BCUT2D eigenvalue weighted by Gasteiger charge is -2.19. The van der Waals surface area contributed by atoms with Crippen LogP contribution in [0, 0.1) is 6.92 Å². The van der Waals surface area contributed by atoms with Crippen LogP contribution in [-0.4, -0.2) is 17.4 Å². The van der Waals surface area contributed by atoms with E-state index in [0.29, 0.717) is 23.4 Å². The van der Waals surface area contributed by atoms with Crippen LogP contribution < -0.4 is 0 Å². The molecule has 1 saturated heterocycles. The van der Waals surface area contributed by atoms with E-state index in [0.717, 1.165) is 18.4 Å². The zero-order chi connectivity index (χ0) is 13.6. The summed E-state index contributed by atoms with van der Waals surface area (Å²) in [6.07, 6.45) is 3.18. The van der Waals surface area contributed by atoms with Gasteiger partial charge < -0.3 is 4.74 Å². The number of halogens is 1. The van der Waals surface area contributed by atoms with Crippen molar-refractivity contribution >= 4 is 23.4 Å². The first-order valence-corrected chi connectivity index (χ1v) is 6.94. The maximum Gasteiger partial charge on any atom is 0.322 e. The standard InChI is InChI=1S/C15H15ClO3/c1-9-4-5-11(16)10(8-9)12-13(17)15(19-14(12)18)6-2-3-7-15/h4-5,8,12H,2-3,6-7H2,1H3. The van der Waals surface area contributed by atoms with Gasteiger partial charge in [-0.1, -0.05) is 29.3 Å². The van der Waals surface area contributed by atoms with Crippen LogP contribution in [0.4, 0.5) is 0 Å². The van der Waals surface area contributed by atoms with E-state index in [4.69, 9.17) is 16.3 Å². The van der Waals surface area contributed by atoms with Crippen molar-refractivity contribution < 1.29 is 14.3 Å². The maximum atomic E-state index is 12.6. The number of benzene rings is 1. The van der Waals surface area contributed by atoms with E-state index in [1.165, 1.54) is 0 Å². The number of carbonyl (C=O) groups excluding carboxylic acids is 2. The van der Waals surface area contributed by atoms with Gasteiger partial charge in [0.15, 0.2) is 11.4 Å². The van der Waals surface area contributed by atoms with Gasteiger partial charge in [-0.15, -0.1) is 0 Å². The summed E-state index contributed by atoms with van der Waals surface area (Å²) in [5.74, 6) is -1.40. The number of aryl methyl sites for hydroxylation is 1. The first-order valence-electron chi connectivity index (χ1n) is 6.57. The molecule has 1 aromatic carbocycles. The van der Waals surface area contributed by atoms with Gasteiger partial charge in [-0.05, 0) is 44.2 Å². The number of Topliss-reactive ketones (excluding diaryl/α,β-unsaturated/α-hetero) is 1. The van der Waals surface area contributed by atoms with E-state index in [-0.39, 0.29) is 5.78 Å². The third-order valence-electron chi connectivity index (χ3n) is 4.12. The molecule has 0 bridgehead atoms. The van der Waals surface area contributed by atoms with Gasteiger partial charge in [0, 0.05) is 5.02 Å². The van der Waals surface area contributed by atoms with Gasteiger partial charge in [0.25, 0.3) is 0 Å². The Morgan fingerprint density at radius 1 is 1.26 bits per heavy atom. The molecule has 1 aliphatic heterocycles. The highest BCUT2D eigenvalue weighted by molar-refractivity contribution is 6.32. The number of rotatable bonds is 1. The summed E-state index contributed by atoms with van der Waals surface area (Å²) in [5, 5.41) is 0.455. The molecule has 0 N–H and O–H groups in total. The fourth-order valence-electron chi connectivity index (χ4n) is 3.12. The fourth-order valence-corrected chi connectivity index (χ4v) is 3.35. The summed E-state index contributed by atoms with van der Waals surface area (Å²) < 4.78 is 5.44. The van der Waals surface area contributed by atoms with Crippen molar-refractivity contribution in [3.63, 3.8) is 0 Å². The molecule has 1 heterocycles. The Hall–Kier alpha value is -1.35. The Morgan fingerprint density at radius 3 is 2.63 bits per heavy atom. The molecule has 1 spiro atoms. The number of hydrogen-bond donors (Lipinski definition) is 0. The summed E-state index contributed by atoms with van der Waals surface area (Å²) in [5.41, 5.74) is 0.697. The second-order valence-electron chi connectivity index (χ2n) is 5.44. The van der Waals surface area contributed by atoms with Gasteiger partial charge in [0.05, 0.1) is 0 Å². The van der Waals surface area contributed by atoms with E-state index in [9.17, 15) is 9.59 Å². The Morgan fingerprint density at radius 2 is 1.95 bits per heavy atom. The average Bonchev–Trinajstić information content (AvgIpc) is 2.91. The molecule has 3 rings (SSSR count). The molecule has 2 aliphatic rings. The third-order valence-corrected chi connectivity index (χ3v) is 4.46. The summed E-state index contributed by atoms with van der Waals surface area (Å²) >= 11 is 6.14. The fraction of sp³-hybridized carbons (Fsp3) is 0.467. The zero-order valence-corrected chi connectivity index (χ0v) is 11.5. The SMILES string of the molecule is Cc1ccc(Cl)c(C2C(=O)OC3(CCCC3)C2=O)c1. The molecule has 1 aromatic rings. The van der Waals surface area contributed by atoms with Crippen molar-refractivity contribution in [1.82, 2.24) is 0 Å². The molecule has 19 heavy (non-hydrogen) atoms. The van der Waals surface area contributed by atoms with Crippen molar-refractivity contribution in [2.24, 2.45) is 0 Å². The average molecular weight is 279 g/mol. The van der Waals surface area contributed by atoms with Crippen molar-refractivity contribution in [2.75, 3.05) is 0 Å². The van der Waals surface area contributed by atoms with Crippen LogP contribution in [-0.2, 0) is 14.3 Å². The molecule has 1 unspecified atom stereocenters. The van der Waals surface area contributed by atoms with Crippen molar-refractivity contribution in [2.45, 2.75) is 44.1 Å². The Labute approximate surface area is 116 Å². The lowest BCUT2D eigenvalue weighted by molar-refractivity contribution is -0.151. The topological polar surface area (TPSA) is 43.4 Å². The van der Waals surface area contributed by atoms with Crippen LogP contribution in [0.15, 0.2) is 18.2 Å². The smallest absolute Gasteiger partial charge is 0.322 e. The normalized spacial score (nSPS) is 25.1. The molecule has 0 radical (unpaired) electrons. The highest BCUT2D eigenvalue weighted by Crippen LogP contribution is 2.45. The summed E-state index contributed by atoms with van der Waals surface area (Å²) in [6.45, 7) is 1.91. The molecular weight excluding hydrogens is 264 g/mol. The van der Waals surface area contributed by atoms with Gasteiger partial charge >= 0.3 is 5.97 Å². The maximum absolute atomic E-state index is 12.6. The highest BCUT2D eigenvalue weighted by Gasteiger charge is 2.56. The Balaban J connectivity index is 2.03. The van der Waals surface area contributed by atoms with Gasteiger partial charge in [0.1, 0.15) is 5.92 Å². The van der Waals surface area contributed by atoms with Gasteiger partial charge in [-0.3, -0.25) is 9.59 Å². The number of esters is 1. The van der Waals surface area contributed by atoms with Crippen LogP contribution in [0.1, 0.15) is 42.7 Å². The second kappa shape index (κ2) is 4.34. The predicted molar refractivity (Wildman–Crippen MR) is 71.2 cm³/mol. The minimum absolute atomic E-state index is 0.109. The number of ketones is 1. The summed E-state index contributed by atoms with van der Waals surface area (Å²) in [4.78, 5) is 24.7. The van der Waals surface area contributed by atoms with Crippen molar-refractivity contribution in [1.29, 1.82) is 0 Å². The van der Waals surface area contributed by atoms with E-state index in [1.807, 2.05) is 13.0 Å². The Kier molecular flexibility index (Phi) is 2.90. The lowest BCUT2D eigenvalue weighted by atomic mass is 9.86. The summed E-state index contributed by atoms with van der Waals surface area (Å²) in [7, 11) is 0. The molecule has 0 aromatic heterocycles. The first kappa shape index (κ1) is 12.7. The first-order chi connectivity index (χ1) is 9.03. The quantitative estimate of drug-likeness (QED) is 0.585. The van der Waals surface area contributed by atoms with Gasteiger partial charge in [-0.25, -0.2) is 0 Å². The van der Waals surface area contributed by atoms with Crippen LogP contribution in [0.3, 0.4) is 0 Å². The van der Waals surface area contributed by atoms with E-state index in [2.05, 4.69) is 0 Å². The third kappa shape index (κ3) is 1.88. The number of ether oxygens (including phenoxy) is 1. The van der Waals surface area contributed by atoms with Crippen molar-refractivity contribution in [3.05, 3.63) is 34.3 Å². The second-order valence-corrected chi connectivity index (χ2v) is 5.85. The van der Waals surface area contributed by atoms with E-state index in [1.54, 1.807) is 12.1 Å². The molecule has 3 nitrogen and oxygen atoms in total. The van der Waals surface area contributed by atoms with E-state index >= 15 is 0 Å². The van der Waals surface area contributed by atoms with Crippen LogP contribution in [0.2, 0.25) is 5.02 Å². The predicted octanol–water partition coefficient (Wildman–Crippen LogP) is 3.17. The number of carbonyl (C=O) groups is 2. The minimum atomic E-state index is -0.866. The summed E-state index contributed by atoms with van der Waals surface area (Å²) in [6, 6.07) is 5.40. The Bertz CT molecular complexity index is 559. The zero-order valence-electron chi connectivity index (χ0n) is 10.7. The van der Waals surface area contributed by atoms with Crippen LogP contribution >= 0.6 is 11.6 Å². The minimum Gasteiger partial charge on any atom is -0.450 e. The largest absolute Gasteiger partial charge is 0.450 e. The molecule has 4 heteroatoms. The molecular formula is C15H15ClO3. The molecule has 100 valence electrons.